The molecule has 5 heteroatoms. The molecule has 0 bridgehead atoms. The number of aromatic nitrogens is 2. The fourth-order valence-electron chi connectivity index (χ4n) is 1.36. The van der Waals surface area contributed by atoms with Gasteiger partial charge in [-0.15, -0.1) is 0 Å². The predicted octanol–water partition coefficient (Wildman–Crippen LogP) is 3.12. The Morgan fingerprint density at radius 3 is 2.82 bits per heavy atom. The molecule has 0 aliphatic carbocycles. The lowest BCUT2D eigenvalue weighted by Crippen LogP contribution is -1.98. The molecule has 0 saturated heterocycles. The van der Waals surface area contributed by atoms with Crippen molar-refractivity contribution in [3.63, 3.8) is 0 Å². The summed E-state index contributed by atoms with van der Waals surface area (Å²) in [5.41, 5.74) is 8.18. The molecule has 1 heterocycles. The number of nitrogens with zero attached hydrogens (tertiary/aromatic N) is 2. The SMILES string of the molecule is Cc1ccc(C)c(Oc2nc(Cl)ncc2N)c1. The first kappa shape index (κ1) is 11.7. The summed E-state index contributed by atoms with van der Waals surface area (Å²) in [5, 5.41) is 0.111. The molecule has 0 spiro atoms. The minimum Gasteiger partial charge on any atom is -0.437 e. The average molecular weight is 250 g/mol. The highest BCUT2D eigenvalue weighted by atomic mass is 35.5. The zero-order valence-corrected chi connectivity index (χ0v) is 10.3. The van der Waals surface area contributed by atoms with Gasteiger partial charge in [-0.2, -0.15) is 4.98 Å². The van der Waals surface area contributed by atoms with Gasteiger partial charge in [-0.05, 0) is 42.6 Å². The molecule has 17 heavy (non-hydrogen) atoms. The molecule has 4 nitrogen and oxygen atoms in total. The quantitative estimate of drug-likeness (QED) is 0.831. The molecule has 0 fully saturated rings. The number of hydrogen-bond donors (Lipinski definition) is 1. The highest BCUT2D eigenvalue weighted by Gasteiger charge is 2.08. The zero-order valence-electron chi connectivity index (χ0n) is 9.57. The Morgan fingerprint density at radius 1 is 1.29 bits per heavy atom. The van der Waals surface area contributed by atoms with Crippen molar-refractivity contribution in [2.24, 2.45) is 0 Å². The Hall–Kier alpha value is -1.81. The van der Waals surface area contributed by atoms with Crippen LogP contribution in [0.4, 0.5) is 5.69 Å². The third-order valence-electron chi connectivity index (χ3n) is 2.30. The van der Waals surface area contributed by atoms with Crippen LogP contribution in [0.15, 0.2) is 24.4 Å². The van der Waals surface area contributed by atoms with E-state index in [1.54, 1.807) is 0 Å². The molecule has 1 aromatic heterocycles. The van der Waals surface area contributed by atoms with Crippen LogP contribution in [0.25, 0.3) is 0 Å². The van der Waals surface area contributed by atoms with E-state index in [2.05, 4.69) is 9.97 Å². The van der Waals surface area contributed by atoms with Crippen molar-refractivity contribution in [3.05, 3.63) is 40.8 Å². The van der Waals surface area contributed by atoms with Crippen LogP contribution < -0.4 is 10.5 Å². The molecule has 88 valence electrons. The summed E-state index contributed by atoms with van der Waals surface area (Å²) in [6, 6.07) is 5.91. The van der Waals surface area contributed by atoms with Gasteiger partial charge in [0, 0.05) is 0 Å². The maximum atomic E-state index is 5.72. The fourth-order valence-corrected chi connectivity index (χ4v) is 1.48. The average Bonchev–Trinajstić information content (AvgIpc) is 2.28. The van der Waals surface area contributed by atoms with Gasteiger partial charge in [-0.1, -0.05) is 12.1 Å². The van der Waals surface area contributed by atoms with Gasteiger partial charge in [0.15, 0.2) is 0 Å². The van der Waals surface area contributed by atoms with Gasteiger partial charge in [0.25, 0.3) is 0 Å². The van der Waals surface area contributed by atoms with Crippen molar-refractivity contribution in [2.75, 3.05) is 5.73 Å². The second-order valence-electron chi connectivity index (χ2n) is 3.77. The minimum atomic E-state index is 0.111. The van der Waals surface area contributed by atoms with Crippen molar-refractivity contribution in [1.29, 1.82) is 0 Å². The summed E-state index contributed by atoms with van der Waals surface area (Å²) in [7, 11) is 0. The second-order valence-corrected chi connectivity index (χ2v) is 4.11. The summed E-state index contributed by atoms with van der Waals surface area (Å²) < 4.78 is 5.64. The Kier molecular flexibility index (Phi) is 3.15. The number of nitrogen functional groups attached to an aromatic ring is 1. The minimum absolute atomic E-state index is 0.111. The third-order valence-corrected chi connectivity index (χ3v) is 2.48. The number of ether oxygens (including phenoxy) is 1. The van der Waals surface area contributed by atoms with Gasteiger partial charge in [0.05, 0.1) is 6.20 Å². The lowest BCUT2D eigenvalue weighted by Gasteiger charge is -2.10. The van der Waals surface area contributed by atoms with Gasteiger partial charge in [0.2, 0.25) is 11.2 Å². The zero-order chi connectivity index (χ0) is 12.4. The summed E-state index contributed by atoms with van der Waals surface area (Å²) in [4.78, 5) is 7.72. The molecule has 0 unspecified atom stereocenters. The number of anilines is 1. The molecule has 2 aromatic rings. The summed E-state index contributed by atoms with van der Waals surface area (Å²) >= 11 is 5.70. The predicted molar refractivity (Wildman–Crippen MR) is 67.4 cm³/mol. The summed E-state index contributed by atoms with van der Waals surface area (Å²) in [6.45, 7) is 3.94. The first-order valence-electron chi connectivity index (χ1n) is 5.09. The molecule has 0 aliphatic heterocycles. The molecule has 2 rings (SSSR count). The van der Waals surface area contributed by atoms with Crippen molar-refractivity contribution < 1.29 is 4.74 Å². The number of aryl methyl sites for hydroxylation is 2. The first-order chi connectivity index (χ1) is 8.06. The van der Waals surface area contributed by atoms with Crippen molar-refractivity contribution in [1.82, 2.24) is 9.97 Å². The molecule has 1 aromatic carbocycles. The number of hydrogen-bond acceptors (Lipinski definition) is 4. The van der Waals surface area contributed by atoms with E-state index in [1.807, 2.05) is 32.0 Å². The Balaban J connectivity index is 2.37. The topological polar surface area (TPSA) is 61.0 Å². The van der Waals surface area contributed by atoms with Gasteiger partial charge in [0.1, 0.15) is 11.4 Å². The van der Waals surface area contributed by atoms with E-state index >= 15 is 0 Å². The standard InChI is InChI=1S/C12H12ClN3O/c1-7-3-4-8(2)10(5-7)17-11-9(14)6-15-12(13)16-11/h3-6H,14H2,1-2H3. The maximum absolute atomic E-state index is 5.72. The van der Waals surface area contributed by atoms with Crippen molar-refractivity contribution in [3.8, 4) is 11.6 Å². The normalized spacial score (nSPS) is 10.3. The molecule has 0 saturated carbocycles. The molecule has 2 N–H and O–H groups in total. The Morgan fingerprint density at radius 2 is 2.06 bits per heavy atom. The Bertz CT molecular complexity index is 508. The van der Waals surface area contributed by atoms with Crippen molar-refractivity contribution in [2.45, 2.75) is 13.8 Å². The van der Waals surface area contributed by atoms with E-state index in [0.29, 0.717) is 11.4 Å². The molecule has 0 atom stereocenters. The van der Waals surface area contributed by atoms with Gasteiger partial charge >= 0.3 is 0 Å². The lowest BCUT2D eigenvalue weighted by molar-refractivity contribution is 0.460. The van der Waals surface area contributed by atoms with Crippen LogP contribution in [0.1, 0.15) is 11.1 Å². The van der Waals surface area contributed by atoms with Gasteiger partial charge in [-0.25, -0.2) is 4.98 Å². The Labute approximate surface area is 104 Å². The van der Waals surface area contributed by atoms with Crippen LogP contribution in [0.3, 0.4) is 0 Å². The summed E-state index contributed by atoms with van der Waals surface area (Å²) in [6.07, 6.45) is 1.43. The molecule has 0 radical (unpaired) electrons. The second kappa shape index (κ2) is 4.59. The van der Waals surface area contributed by atoms with E-state index in [9.17, 15) is 0 Å². The van der Waals surface area contributed by atoms with Crippen LogP contribution in [0, 0.1) is 13.8 Å². The van der Waals surface area contributed by atoms with E-state index < -0.39 is 0 Å². The molecule has 0 amide bonds. The summed E-state index contributed by atoms with van der Waals surface area (Å²) in [5.74, 6) is 0.991. The van der Waals surface area contributed by atoms with E-state index in [0.717, 1.165) is 11.1 Å². The van der Waals surface area contributed by atoms with Gasteiger partial charge in [-0.3, -0.25) is 0 Å². The maximum Gasteiger partial charge on any atom is 0.247 e. The lowest BCUT2D eigenvalue weighted by atomic mass is 10.1. The number of benzene rings is 1. The molecule has 0 aliphatic rings. The molecular formula is C12H12ClN3O. The van der Waals surface area contributed by atoms with Crippen LogP contribution >= 0.6 is 11.6 Å². The fraction of sp³-hybridized carbons (Fsp3) is 0.167. The van der Waals surface area contributed by atoms with Gasteiger partial charge < -0.3 is 10.5 Å². The van der Waals surface area contributed by atoms with Crippen molar-refractivity contribution >= 4 is 17.3 Å². The van der Waals surface area contributed by atoms with Crippen LogP contribution in [0.5, 0.6) is 11.6 Å². The monoisotopic (exact) mass is 249 g/mol. The van der Waals surface area contributed by atoms with Crippen LogP contribution in [0.2, 0.25) is 5.28 Å². The van der Waals surface area contributed by atoms with E-state index in [4.69, 9.17) is 22.1 Å². The first-order valence-corrected chi connectivity index (χ1v) is 5.47. The number of halogens is 1. The number of nitrogens with two attached hydrogens (primary N) is 1. The van der Waals surface area contributed by atoms with E-state index in [1.165, 1.54) is 6.20 Å². The van der Waals surface area contributed by atoms with E-state index in [-0.39, 0.29) is 11.2 Å². The highest BCUT2D eigenvalue weighted by molar-refractivity contribution is 6.28. The smallest absolute Gasteiger partial charge is 0.247 e. The molecular weight excluding hydrogens is 238 g/mol. The van der Waals surface area contributed by atoms with Crippen LogP contribution in [-0.2, 0) is 0 Å². The number of rotatable bonds is 2. The third kappa shape index (κ3) is 2.65. The largest absolute Gasteiger partial charge is 0.437 e. The highest BCUT2D eigenvalue weighted by Crippen LogP contribution is 2.28. The van der Waals surface area contributed by atoms with Crippen LogP contribution in [-0.4, -0.2) is 9.97 Å².